The fourth-order valence-electron chi connectivity index (χ4n) is 4.04. The largest absolute Gasteiger partial charge is 0.465 e. The van der Waals surface area contributed by atoms with Gasteiger partial charge in [-0.25, -0.2) is 14.2 Å². The van der Waals surface area contributed by atoms with Crippen molar-refractivity contribution in [2.24, 2.45) is 0 Å². The van der Waals surface area contributed by atoms with Gasteiger partial charge in [0.2, 0.25) is 0 Å². The number of halogens is 2. The van der Waals surface area contributed by atoms with E-state index in [1.54, 1.807) is 29.6 Å². The maximum Gasteiger partial charge on any atom is 0.327 e. The first-order valence-corrected chi connectivity index (χ1v) is 13.1. The molecular formula is C26H36Cl2N4O3. The number of hydrogen-bond acceptors (Lipinski definition) is 5. The van der Waals surface area contributed by atoms with Crippen molar-refractivity contribution in [1.29, 1.82) is 0 Å². The molecule has 1 aromatic carbocycles. The van der Waals surface area contributed by atoms with Crippen LogP contribution in [0.1, 0.15) is 66.0 Å². The van der Waals surface area contributed by atoms with Crippen molar-refractivity contribution in [2.45, 2.75) is 79.8 Å². The van der Waals surface area contributed by atoms with E-state index >= 15 is 0 Å². The van der Waals surface area contributed by atoms with E-state index in [1.807, 2.05) is 26.8 Å². The SMILES string of the molecule is CC.CCCC(CCC)Nc1cc(C)nc2c(-c3ccc(Cl)cc3Cl)c(=O)n(CC(=O)OCC)n12. The Balaban J connectivity index is 0.00000210. The summed E-state index contributed by atoms with van der Waals surface area (Å²) >= 11 is 12.5. The van der Waals surface area contributed by atoms with E-state index in [1.165, 1.54) is 4.68 Å². The number of aryl methyl sites for hydroxylation is 1. The number of esters is 1. The van der Waals surface area contributed by atoms with E-state index in [4.69, 9.17) is 27.9 Å². The highest BCUT2D eigenvalue weighted by Crippen LogP contribution is 2.32. The first-order valence-electron chi connectivity index (χ1n) is 12.3. The van der Waals surface area contributed by atoms with Crippen LogP contribution < -0.4 is 10.9 Å². The van der Waals surface area contributed by atoms with Gasteiger partial charge in [-0.2, -0.15) is 0 Å². The van der Waals surface area contributed by atoms with Crippen LogP contribution in [-0.4, -0.2) is 32.8 Å². The standard InChI is InChI=1S/C24H30Cl2N4O3.C2H6/c1-5-8-17(9-6-2)28-20-12-15(4)27-23-22(18-11-10-16(25)13-19(18)26)24(32)29(30(20)23)14-21(31)33-7-3;1-2/h10-13,17,28H,5-9,14H2,1-4H3;1-2H3. The smallest absolute Gasteiger partial charge is 0.327 e. The molecule has 9 heteroatoms. The first-order chi connectivity index (χ1) is 16.8. The minimum atomic E-state index is -0.502. The van der Waals surface area contributed by atoms with Crippen molar-refractivity contribution in [2.75, 3.05) is 11.9 Å². The number of anilines is 1. The Morgan fingerprint density at radius 1 is 1.11 bits per heavy atom. The lowest BCUT2D eigenvalue weighted by molar-refractivity contribution is -0.144. The fraction of sp³-hybridized carbons (Fsp3) is 0.500. The number of ether oxygens (including phenoxy) is 1. The normalized spacial score (nSPS) is 10.9. The zero-order chi connectivity index (χ0) is 26.1. The first kappa shape index (κ1) is 28.7. The highest BCUT2D eigenvalue weighted by Gasteiger charge is 2.24. The van der Waals surface area contributed by atoms with Gasteiger partial charge in [0, 0.05) is 28.4 Å². The van der Waals surface area contributed by atoms with Crippen molar-refractivity contribution >= 4 is 40.6 Å². The minimum Gasteiger partial charge on any atom is -0.465 e. The summed E-state index contributed by atoms with van der Waals surface area (Å²) in [4.78, 5) is 30.7. The molecule has 0 aliphatic rings. The van der Waals surface area contributed by atoms with E-state index in [9.17, 15) is 9.59 Å². The van der Waals surface area contributed by atoms with Crippen LogP contribution in [0.25, 0.3) is 16.8 Å². The van der Waals surface area contributed by atoms with E-state index in [0.29, 0.717) is 32.6 Å². The summed E-state index contributed by atoms with van der Waals surface area (Å²) in [7, 11) is 0. The van der Waals surface area contributed by atoms with Crippen LogP contribution in [0.3, 0.4) is 0 Å². The molecule has 0 spiro atoms. The molecular weight excluding hydrogens is 487 g/mol. The molecule has 35 heavy (non-hydrogen) atoms. The maximum atomic E-state index is 13.6. The van der Waals surface area contributed by atoms with Crippen LogP contribution in [0, 0.1) is 6.92 Å². The lowest BCUT2D eigenvalue weighted by Crippen LogP contribution is -2.28. The molecule has 0 radical (unpaired) electrons. The van der Waals surface area contributed by atoms with Gasteiger partial charge in [0.1, 0.15) is 12.4 Å². The van der Waals surface area contributed by atoms with Gasteiger partial charge in [-0.1, -0.05) is 69.8 Å². The third-order valence-corrected chi connectivity index (χ3v) is 5.93. The lowest BCUT2D eigenvalue weighted by Gasteiger charge is -2.21. The summed E-state index contributed by atoms with van der Waals surface area (Å²) in [6, 6.07) is 7.07. The molecule has 192 valence electrons. The Kier molecular flexibility index (Phi) is 11.1. The molecule has 7 nitrogen and oxygen atoms in total. The van der Waals surface area contributed by atoms with Gasteiger partial charge in [0.15, 0.2) is 5.65 Å². The number of rotatable bonds is 10. The maximum absolute atomic E-state index is 13.6. The summed E-state index contributed by atoms with van der Waals surface area (Å²) in [6.07, 6.45) is 4.02. The molecule has 0 saturated carbocycles. The summed E-state index contributed by atoms with van der Waals surface area (Å²) in [5.74, 6) is 0.195. The molecule has 0 bridgehead atoms. The molecule has 0 unspecified atom stereocenters. The Labute approximate surface area is 217 Å². The lowest BCUT2D eigenvalue weighted by atomic mass is 10.1. The van der Waals surface area contributed by atoms with E-state index < -0.39 is 5.97 Å². The molecule has 0 fully saturated rings. The van der Waals surface area contributed by atoms with Crippen LogP contribution in [-0.2, 0) is 16.1 Å². The number of benzene rings is 1. The topological polar surface area (TPSA) is 77.6 Å². The number of nitrogens with zero attached hydrogens (tertiary/aromatic N) is 3. The number of carbonyl (C=O) groups excluding carboxylic acids is 1. The van der Waals surface area contributed by atoms with E-state index in [0.717, 1.165) is 31.4 Å². The molecule has 1 N–H and O–H groups in total. The monoisotopic (exact) mass is 522 g/mol. The van der Waals surface area contributed by atoms with Crippen LogP contribution in [0.4, 0.5) is 5.82 Å². The zero-order valence-corrected chi connectivity index (χ0v) is 23.0. The fourth-order valence-corrected chi connectivity index (χ4v) is 4.54. The predicted octanol–water partition coefficient (Wildman–Crippen LogP) is 6.75. The van der Waals surface area contributed by atoms with Crippen molar-refractivity contribution in [3.05, 3.63) is 50.4 Å². The van der Waals surface area contributed by atoms with E-state index in [-0.39, 0.29) is 24.8 Å². The van der Waals surface area contributed by atoms with Crippen molar-refractivity contribution < 1.29 is 9.53 Å². The van der Waals surface area contributed by atoms with E-state index in [2.05, 4.69) is 24.1 Å². The number of fused-ring (bicyclic) bond motifs is 1. The number of aromatic nitrogens is 3. The minimum absolute atomic E-state index is 0.223. The number of nitrogens with one attached hydrogen (secondary N) is 1. The zero-order valence-electron chi connectivity index (χ0n) is 21.5. The Bertz CT molecular complexity index is 1200. The molecule has 0 aliphatic carbocycles. The molecule has 2 heterocycles. The van der Waals surface area contributed by atoms with Gasteiger partial charge in [0.05, 0.1) is 17.2 Å². The quantitative estimate of drug-likeness (QED) is 0.298. The summed E-state index contributed by atoms with van der Waals surface area (Å²) < 4.78 is 8.16. The van der Waals surface area contributed by atoms with Crippen molar-refractivity contribution in [3.8, 4) is 11.1 Å². The summed E-state index contributed by atoms with van der Waals surface area (Å²) in [6.45, 7) is 11.9. The molecule has 0 amide bonds. The molecule has 3 rings (SSSR count). The van der Waals surface area contributed by atoms with Gasteiger partial charge in [0.25, 0.3) is 5.56 Å². The van der Waals surface area contributed by atoms with Crippen LogP contribution in [0.5, 0.6) is 0 Å². The highest BCUT2D eigenvalue weighted by atomic mass is 35.5. The average molecular weight is 524 g/mol. The van der Waals surface area contributed by atoms with Crippen molar-refractivity contribution in [1.82, 2.24) is 14.2 Å². The molecule has 0 aliphatic heterocycles. The predicted molar refractivity (Wildman–Crippen MR) is 145 cm³/mol. The van der Waals surface area contributed by atoms with Gasteiger partial charge in [-0.15, -0.1) is 0 Å². The number of hydrogen-bond donors (Lipinski definition) is 1. The second-order valence-electron chi connectivity index (χ2n) is 8.00. The van der Waals surface area contributed by atoms with Gasteiger partial charge in [-0.3, -0.25) is 9.59 Å². The molecule has 0 saturated heterocycles. The van der Waals surface area contributed by atoms with Crippen LogP contribution in [0.2, 0.25) is 10.0 Å². The van der Waals surface area contributed by atoms with Crippen molar-refractivity contribution in [3.63, 3.8) is 0 Å². The van der Waals surface area contributed by atoms with Crippen LogP contribution in [0.15, 0.2) is 29.1 Å². The average Bonchev–Trinajstić information content (AvgIpc) is 3.07. The Hall–Kier alpha value is -2.51. The summed E-state index contributed by atoms with van der Waals surface area (Å²) in [5.41, 5.74) is 1.60. The molecule has 0 atom stereocenters. The summed E-state index contributed by atoms with van der Waals surface area (Å²) in [5, 5.41) is 4.38. The number of carbonyl (C=O) groups is 1. The molecule has 3 aromatic rings. The Morgan fingerprint density at radius 3 is 2.34 bits per heavy atom. The third kappa shape index (κ3) is 6.79. The third-order valence-electron chi connectivity index (χ3n) is 5.38. The highest BCUT2D eigenvalue weighted by molar-refractivity contribution is 6.36. The Morgan fingerprint density at radius 2 is 1.77 bits per heavy atom. The van der Waals surface area contributed by atoms with Gasteiger partial charge >= 0.3 is 5.97 Å². The molecule has 2 aromatic heterocycles. The second kappa shape index (κ2) is 13.5. The van der Waals surface area contributed by atoms with Gasteiger partial charge < -0.3 is 10.1 Å². The van der Waals surface area contributed by atoms with Gasteiger partial charge in [-0.05, 0) is 38.8 Å². The van der Waals surface area contributed by atoms with Crippen LogP contribution >= 0.6 is 23.2 Å². The second-order valence-corrected chi connectivity index (χ2v) is 8.85.